The Labute approximate surface area is 120 Å². The topological polar surface area (TPSA) is 59.3 Å². The van der Waals surface area contributed by atoms with E-state index in [9.17, 15) is 10.1 Å². The molecule has 8 heteroatoms. The van der Waals surface area contributed by atoms with Gasteiger partial charge in [-0.15, -0.1) is 0 Å². The highest BCUT2D eigenvalue weighted by atomic mass is 35.5. The summed E-state index contributed by atoms with van der Waals surface area (Å²) < 4.78 is 0.554. The van der Waals surface area contributed by atoms with Gasteiger partial charge in [0, 0.05) is 19.2 Å². The molecule has 1 heterocycles. The zero-order chi connectivity index (χ0) is 13.7. The van der Waals surface area contributed by atoms with E-state index in [1.165, 1.54) is 12.1 Å². The van der Waals surface area contributed by atoms with Gasteiger partial charge in [-0.2, -0.15) is 0 Å². The van der Waals surface area contributed by atoms with Crippen LogP contribution in [0.5, 0.6) is 0 Å². The number of thiocarbonyl (C=S) groups is 1. The second-order valence-electron chi connectivity index (χ2n) is 3.26. The minimum absolute atomic E-state index is 0.0843. The first kappa shape index (κ1) is 15.1. The lowest BCUT2D eigenvalue weighted by Crippen LogP contribution is -2.26. The maximum Gasteiger partial charge on any atom is 0.301 e. The number of aromatic nitrogens is 1. The van der Waals surface area contributed by atoms with E-state index in [1.54, 1.807) is 0 Å². The standard InChI is InChI=1S/C10H12ClN3O2S2/c1-3-13(4-2)10(17)18-9-7(14(15)16)5-6-8(11)12-9/h5-6H,3-4H2,1-2H3. The number of halogens is 1. The van der Waals surface area contributed by atoms with Crippen molar-refractivity contribution >= 4 is 45.6 Å². The summed E-state index contributed by atoms with van der Waals surface area (Å²) in [6, 6.07) is 2.73. The lowest BCUT2D eigenvalue weighted by Gasteiger charge is -2.20. The first-order chi connectivity index (χ1) is 8.49. The zero-order valence-electron chi connectivity index (χ0n) is 9.92. The van der Waals surface area contributed by atoms with Crippen molar-refractivity contribution in [1.29, 1.82) is 0 Å². The normalized spacial score (nSPS) is 10.2. The summed E-state index contributed by atoms with van der Waals surface area (Å²) in [7, 11) is 0. The number of hydrogen-bond donors (Lipinski definition) is 0. The van der Waals surface area contributed by atoms with E-state index in [0.717, 1.165) is 24.9 Å². The van der Waals surface area contributed by atoms with Gasteiger partial charge in [0.05, 0.1) is 4.92 Å². The van der Waals surface area contributed by atoms with Gasteiger partial charge in [0.1, 0.15) is 9.47 Å². The predicted octanol–water partition coefficient (Wildman–Crippen LogP) is 3.36. The highest BCUT2D eigenvalue weighted by molar-refractivity contribution is 8.22. The highest BCUT2D eigenvalue weighted by Crippen LogP contribution is 2.30. The Kier molecular flexibility index (Phi) is 5.77. The molecule has 0 aliphatic heterocycles. The van der Waals surface area contributed by atoms with Crippen LogP contribution < -0.4 is 0 Å². The summed E-state index contributed by atoms with van der Waals surface area (Å²) in [5, 5.41) is 11.3. The van der Waals surface area contributed by atoms with E-state index in [2.05, 4.69) is 4.98 Å². The molecule has 98 valence electrons. The highest BCUT2D eigenvalue weighted by Gasteiger charge is 2.19. The van der Waals surface area contributed by atoms with Gasteiger partial charge in [0.25, 0.3) is 0 Å². The van der Waals surface area contributed by atoms with Crippen LogP contribution in [0.3, 0.4) is 0 Å². The maximum atomic E-state index is 10.9. The van der Waals surface area contributed by atoms with Crippen molar-refractivity contribution in [3.63, 3.8) is 0 Å². The van der Waals surface area contributed by atoms with Crippen LogP contribution in [0.25, 0.3) is 0 Å². The van der Waals surface area contributed by atoms with Crippen molar-refractivity contribution < 1.29 is 4.92 Å². The molecule has 0 saturated heterocycles. The smallest absolute Gasteiger partial charge is 0.301 e. The summed E-state index contributed by atoms with van der Waals surface area (Å²) in [5.74, 6) is 0. The Morgan fingerprint density at radius 2 is 2.17 bits per heavy atom. The molecule has 0 aliphatic rings. The average molecular weight is 306 g/mol. The molecule has 1 aromatic rings. The second kappa shape index (κ2) is 6.86. The molecule has 0 bridgehead atoms. The van der Waals surface area contributed by atoms with Crippen LogP contribution in [-0.4, -0.2) is 32.2 Å². The third-order valence-corrected chi connectivity index (χ3v) is 3.85. The van der Waals surface area contributed by atoms with Crippen LogP contribution in [0.15, 0.2) is 17.2 Å². The molecule has 0 aliphatic carbocycles. The van der Waals surface area contributed by atoms with Crippen molar-refractivity contribution in [1.82, 2.24) is 9.88 Å². The third kappa shape index (κ3) is 3.79. The number of hydrogen-bond acceptors (Lipinski definition) is 5. The van der Waals surface area contributed by atoms with Crippen molar-refractivity contribution in [3.8, 4) is 0 Å². The van der Waals surface area contributed by atoms with Crippen molar-refractivity contribution in [2.24, 2.45) is 0 Å². The van der Waals surface area contributed by atoms with Crippen molar-refractivity contribution in [3.05, 3.63) is 27.4 Å². The van der Waals surface area contributed by atoms with Crippen LogP contribution in [0.1, 0.15) is 13.8 Å². The summed E-state index contributed by atoms with van der Waals surface area (Å²) in [6.45, 7) is 5.43. The lowest BCUT2D eigenvalue weighted by atomic mass is 10.4. The Balaban J connectivity index is 2.99. The van der Waals surface area contributed by atoms with Crippen LogP contribution in [0.4, 0.5) is 5.69 Å². The SMILES string of the molecule is CCN(CC)C(=S)Sc1nc(Cl)ccc1[N+](=O)[O-]. The maximum absolute atomic E-state index is 10.9. The van der Waals surface area contributed by atoms with E-state index in [4.69, 9.17) is 23.8 Å². The van der Waals surface area contributed by atoms with E-state index in [1.807, 2.05) is 18.7 Å². The molecule has 0 aromatic carbocycles. The first-order valence-electron chi connectivity index (χ1n) is 5.27. The van der Waals surface area contributed by atoms with Crippen LogP contribution in [0.2, 0.25) is 5.15 Å². The Morgan fingerprint density at radius 3 is 2.67 bits per heavy atom. The molecule has 0 amide bonds. The minimum Gasteiger partial charge on any atom is -0.358 e. The van der Waals surface area contributed by atoms with Gasteiger partial charge in [-0.1, -0.05) is 23.8 Å². The van der Waals surface area contributed by atoms with E-state index < -0.39 is 4.92 Å². The molecule has 0 atom stereocenters. The molecule has 0 unspecified atom stereocenters. The van der Waals surface area contributed by atoms with Gasteiger partial charge in [0.15, 0.2) is 5.03 Å². The van der Waals surface area contributed by atoms with Gasteiger partial charge in [-0.3, -0.25) is 10.1 Å². The predicted molar refractivity (Wildman–Crippen MR) is 77.3 cm³/mol. The molecule has 0 radical (unpaired) electrons. The van der Waals surface area contributed by atoms with Crippen LogP contribution in [-0.2, 0) is 0 Å². The zero-order valence-corrected chi connectivity index (χ0v) is 12.3. The molecule has 0 fully saturated rings. The van der Waals surface area contributed by atoms with Gasteiger partial charge in [-0.25, -0.2) is 4.98 Å². The minimum atomic E-state index is -0.490. The number of nitro groups is 1. The number of pyridine rings is 1. The molecular weight excluding hydrogens is 294 g/mol. The molecular formula is C10H12ClN3O2S2. The number of thioether (sulfide) groups is 1. The fourth-order valence-electron chi connectivity index (χ4n) is 1.25. The molecule has 0 saturated carbocycles. The molecule has 1 aromatic heterocycles. The summed E-state index contributed by atoms with van der Waals surface area (Å²) >= 11 is 12.1. The summed E-state index contributed by atoms with van der Waals surface area (Å²) in [4.78, 5) is 16.3. The molecule has 1 rings (SSSR count). The van der Waals surface area contributed by atoms with E-state index >= 15 is 0 Å². The van der Waals surface area contributed by atoms with E-state index in [-0.39, 0.29) is 15.9 Å². The third-order valence-electron chi connectivity index (χ3n) is 2.21. The molecule has 18 heavy (non-hydrogen) atoms. The van der Waals surface area contributed by atoms with Crippen LogP contribution >= 0.6 is 35.6 Å². The number of rotatable bonds is 4. The van der Waals surface area contributed by atoms with Crippen LogP contribution in [0, 0.1) is 10.1 Å². The second-order valence-corrected chi connectivity index (χ2v) is 5.27. The Bertz CT molecular complexity index is 466. The largest absolute Gasteiger partial charge is 0.358 e. The first-order valence-corrected chi connectivity index (χ1v) is 6.87. The Morgan fingerprint density at radius 1 is 1.56 bits per heavy atom. The molecule has 5 nitrogen and oxygen atoms in total. The fraction of sp³-hybridized carbons (Fsp3) is 0.400. The van der Waals surface area contributed by atoms with E-state index in [0.29, 0.717) is 4.32 Å². The fourth-order valence-corrected chi connectivity index (χ4v) is 2.89. The lowest BCUT2D eigenvalue weighted by molar-refractivity contribution is -0.388. The van der Waals surface area contributed by atoms with Gasteiger partial charge < -0.3 is 4.90 Å². The van der Waals surface area contributed by atoms with Crippen molar-refractivity contribution in [2.45, 2.75) is 18.9 Å². The average Bonchev–Trinajstić information content (AvgIpc) is 2.30. The summed E-state index contributed by atoms with van der Waals surface area (Å²) in [5.41, 5.74) is -0.0843. The number of nitrogens with zero attached hydrogens (tertiary/aromatic N) is 3. The van der Waals surface area contributed by atoms with Gasteiger partial charge in [-0.05, 0) is 31.7 Å². The molecule has 0 spiro atoms. The monoisotopic (exact) mass is 305 g/mol. The van der Waals surface area contributed by atoms with Gasteiger partial charge in [0.2, 0.25) is 0 Å². The summed E-state index contributed by atoms with van der Waals surface area (Å²) in [6.07, 6.45) is 0. The molecule has 0 N–H and O–H groups in total. The van der Waals surface area contributed by atoms with Gasteiger partial charge >= 0.3 is 5.69 Å². The Hall–Kier alpha value is -0.920. The van der Waals surface area contributed by atoms with Crippen molar-refractivity contribution in [2.75, 3.05) is 13.1 Å². The quantitative estimate of drug-likeness (QED) is 0.279.